The number of hydrogen-bond donors (Lipinski definition) is 1. The normalized spacial score (nSPS) is 11.2. The van der Waals surface area contributed by atoms with Crippen molar-refractivity contribution in [2.75, 3.05) is 7.05 Å². The lowest BCUT2D eigenvalue weighted by Crippen LogP contribution is -2.13. The second kappa shape index (κ2) is 11.0. The highest BCUT2D eigenvalue weighted by molar-refractivity contribution is 5.87. The van der Waals surface area contributed by atoms with Crippen molar-refractivity contribution >= 4 is 5.91 Å². The second-order valence-corrected chi connectivity index (χ2v) is 4.84. The Bertz CT molecular complexity index is 420. The first-order chi connectivity index (χ1) is 9.83. The number of carbonyl (C=O) groups excluding carboxylic acids is 1. The van der Waals surface area contributed by atoms with Crippen LogP contribution in [0.1, 0.15) is 37.7 Å². The number of rotatable bonds is 9. The Morgan fingerprint density at radius 3 is 2.55 bits per heavy atom. The first-order valence-electron chi connectivity index (χ1n) is 7.42. The number of amides is 1. The van der Waals surface area contributed by atoms with Gasteiger partial charge in [0.05, 0.1) is 0 Å². The highest BCUT2D eigenvalue weighted by Crippen LogP contribution is 2.08. The van der Waals surface area contributed by atoms with Crippen LogP contribution in [0.15, 0.2) is 54.6 Å². The molecule has 0 aromatic heterocycles. The van der Waals surface area contributed by atoms with Crippen LogP contribution in [0.3, 0.4) is 0 Å². The minimum Gasteiger partial charge on any atom is -0.356 e. The summed E-state index contributed by atoms with van der Waals surface area (Å²) in [6.07, 6.45) is 14.7. The number of likely N-dealkylation sites (N-methyl/N-ethyl adjacent to an activating group) is 1. The first kappa shape index (κ1) is 16.2. The smallest absolute Gasteiger partial charge is 0.243 e. The Labute approximate surface area is 122 Å². The van der Waals surface area contributed by atoms with Gasteiger partial charge in [-0.05, 0) is 31.2 Å². The van der Waals surface area contributed by atoms with Gasteiger partial charge in [0.15, 0.2) is 0 Å². The molecule has 20 heavy (non-hydrogen) atoms. The van der Waals surface area contributed by atoms with Crippen molar-refractivity contribution in [3.8, 4) is 0 Å². The zero-order valence-electron chi connectivity index (χ0n) is 12.3. The van der Waals surface area contributed by atoms with E-state index in [4.69, 9.17) is 0 Å². The van der Waals surface area contributed by atoms with Crippen molar-refractivity contribution in [2.24, 2.45) is 0 Å². The summed E-state index contributed by atoms with van der Waals surface area (Å²) in [4.78, 5) is 10.9. The maximum atomic E-state index is 10.9. The van der Waals surface area contributed by atoms with E-state index in [0.717, 1.165) is 6.42 Å². The SMILES string of the molecule is CNC(=O)/C=C/C=C/CCCCCCc1ccccc1. The number of allylic oxidation sites excluding steroid dienone is 3. The van der Waals surface area contributed by atoms with E-state index in [2.05, 4.69) is 41.7 Å². The van der Waals surface area contributed by atoms with Gasteiger partial charge in [0.25, 0.3) is 0 Å². The van der Waals surface area contributed by atoms with E-state index in [1.54, 1.807) is 13.1 Å². The van der Waals surface area contributed by atoms with Crippen LogP contribution < -0.4 is 5.32 Å². The number of aryl methyl sites for hydroxylation is 1. The molecule has 108 valence electrons. The van der Waals surface area contributed by atoms with Gasteiger partial charge in [-0.25, -0.2) is 0 Å². The monoisotopic (exact) mass is 271 g/mol. The summed E-state index contributed by atoms with van der Waals surface area (Å²) in [5.41, 5.74) is 1.44. The number of nitrogens with one attached hydrogen (secondary N) is 1. The largest absolute Gasteiger partial charge is 0.356 e. The van der Waals surface area contributed by atoms with Crippen LogP contribution in [0.25, 0.3) is 0 Å². The molecule has 0 bridgehead atoms. The lowest BCUT2D eigenvalue weighted by Gasteiger charge is -2.00. The van der Waals surface area contributed by atoms with E-state index in [1.165, 1.54) is 43.7 Å². The average Bonchev–Trinajstić information content (AvgIpc) is 2.50. The van der Waals surface area contributed by atoms with Gasteiger partial charge in [-0.3, -0.25) is 4.79 Å². The fourth-order valence-electron chi connectivity index (χ4n) is 1.99. The Kier molecular flexibility index (Phi) is 8.95. The quantitative estimate of drug-likeness (QED) is 0.410. The van der Waals surface area contributed by atoms with Gasteiger partial charge in [-0.15, -0.1) is 0 Å². The molecule has 0 aliphatic heterocycles. The molecule has 2 nitrogen and oxygen atoms in total. The van der Waals surface area contributed by atoms with Crippen molar-refractivity contribution in [3.05, 3.63) is 60.2 Å². The maximum Gasteiger partial charge on any atom is 0.243 e. The second-order valence-electron chi connectivity index (χ2n) is 4.84. The summed E-state index contributed by atoms with van der Waals surface area (Å²) < 4.78 is 0. The van der Waals surface area contributed by atoms with Gasteiger partial charge < -0.3 is 5.32 Å². The number of unbranched alkanes of at least 4 members (excludes halogenated alkanes) is 4. The molecule has 1 rings (SSSR count). The van der Waals surface area contributed by atoms with E-state index in [9.17, 15) is 4.79 Å². The molecule has 0 spiro atoms. The van der Waals surface area contributed by atoms with Gasteiger partial charge in [-0.1, -0.05) is 61.4 Å². The van der Waals surface area contributed by atoms with Crippen LogP contribution in [0, 0.1) is 0 Å². The van der Waals surface area contributed by atoms with Crippen LogP contribution in [0.2, 0.25) is 0 Å². The zero-order valence-corrected chi connectivity index (χ0v) is 12.3. The van der Waals surface area contributed by atoms with Crippen LogP contribution in [0.5, 0.6) is 0 Å². The highest BCUT2D eigenvalue weighted by Gasteiger charge is 1.92. The Balaban J connectivity index is 1.96. The Hall–Kier alpha value is -1.83. The molecule has 2 heteroatoms. The minimum absolute atomic E-state index is 0.0597. The van der Waals surface area contributed by atoms with Crippen LogP contribution in [-0.2, 0) is 11.2 Å². The molecular formula is C18H25NO. The number of carbonyl (C=O) groups is 1. The van der Waals surface area contributed by atoms with Gasteiger partial charge >= 0.3 is 0 Å². The summed E-state index contributed by atoms with van der Waals surface area (Å²) in [5.74, 6) is -0.0597. The summed E-state index contributed by atoms with van der Waals surface area (Å²) >= 11 is 0. The number of benzene rings is 1. The van der Waals surface area contributed by atoms with Gasteiger partial charge in [0, 0.05) is 13.1 Å². The summed E-state index contributed by atoms with van der Waals surface area (Å²) in [7, 11) is 1.63. The molecule has 0 radical (unpaired) electrons. The van der Waals surface area contributed by atoms with Crippen LogP contribution in [0.4, 0.5) is 0 Å². The fourth-order valence-corrected chi connectivity index (χ4v) is 1.99. The third kappa shape index (κ3) is 8.30. The standard InChI is InChI=1S/C18H25NO/c1-19-18(20)16-12-7-5-3-2-4-6-9-13-17-14-10-8-11-15-17/h5,7-8,10-12,14-16H,2-4,6,9,13H2,1H3,(H,19,20)/b7-5+,16-12+. The van der Waals surface area contributed by atoms with Gasteiger partial charge in [0.2, 0.25) is 5.91 Å². The first-order valence-corrected chi connectivity index (χ1v) is 7.42. The van der Waals surface area contributed by atoms with Crippen molar-refractivity contribution in [2.45, 2.75) is 38.5 Å². The third-order valence-electron chi connectivity index (χ3n) is 3.17. The van der Waals surface area contributed by atoms with Crippen molar-refractivity contribution in [3.63, 3.8) is 0 Å². The molecule has 1 aromatic carbocycles. The van der Waals surface area contributed by atoms with Crippen LogP contribution in [-0.4, -0.2) is 13.0 Å². The van der Waals surface area contributed by atoms with E-state index in [-0.39, 0.29) is 5.91 Å². The van der Waals surface area contributed by atoms with Crippen molar-refractivity contribution in [1.82, 2.24) is 5.32 Å². The van der Waals surface area contributed by atoms with E-state index < -0.39 is 0 Å². The van der Waals surface area contributed by atoms with E-state index >= 15 is 0 Å². The topological polar surface area (TPSA) is 29.1 Å². The van der Waals surface area contributed by atoms with E-state index in [0.29, 0.717) is 0 Å². The summed E-state index contributed by atoms with van der Waals surface area (Å²) in [5, 5.41) is 2.54. The summed E-state index contributed by atoms with van der Waals surface area (Å²) in [6.45, 7) is 0. The fraction of sp³-hybridized carbons (Fsp3) is 0.389. The van der Waals surface area contributed by atoms with Gasteiger partial charge in [0.1, 0.15) is 0 Å². The molecule has 0 atom stereocenters. The molecule has 1 amide bonds. The molecule has 1 aromatic rings. The molecule has 0 unspecified atom stereocenters. The number of hydrogen-bond acceptors (Lipinski definition) is 1. The summed E-state index contributed by atoms with van der Waals surface area (Å²) in [6, 6.07) is 10.7. The Morgan fingerprint density at radius 2 is 1.80 bits per heavy atom. The van der Waals surface area contributed by atoms with Crippen LogP contribution >= 0.6 is 0 Å². The highest BCUT2D eigenvalue weighted by atomic mass is 16.1. The molecule has 0 fully saturated rings. The van der Waals surface area contributed by atoms with Gasteiger partial charge in [-0.2, -0.15) is 0 Å². The van der Waals surface area contributed by atoms with Crippen molar-refractivity contribution in [1.29, 1.82) is 0 Å². The van der Waals surface area contributed by atoms with Crippen molar-refractivity contribution < 1.29 is 4.79 Å². The molecule has 0 saturated heterocycles. The predicted molar refractivity (Wildman–Crippen MR) is 85.6 cm³/mol. The Morgan fingerprint density at radius 1 is 1.05 bits per heavy atom. The molecule has 0 heterocycles. The molecule has 0 aliphatic carbocycles. The van der Waals surface area contributed by atoms with E-state index in [1.807, 2.05) is 6.08 Å². The maximum absolute atomic E-state index is 10.9. The molecule has 0 aliphatic rings. The molecule has 0 saturated carbocycles. The molecule has 1 N–H and O–H groups in total. The molecular weight excluding hydrogens is 246 g/mol. The predicted octanol–water partition coefficient (Wildman–Crippen LogP) is 4.04. The third-order valence-corrected chi connectivity index (χ3v) is 3.17. The minimum atomic E-state index is -0.0597. The lowest BCUT2D eigenvalue weighted by molar-refractivity contribution is -0.116. The average molecular weight is 271 g/mol. The zero-order chi connectivity index (χ0) is 14.5. The lowest BCUT2D eigenvalue weighted by atomic mass is 10.1.